The minimum Gasteiger partial charge on any atom is -0.493 e. The maximum atomic E-state index is 12.7. The second-order valence-electron chi connectivity index (χ2n) is 9.89. The highest BCUT2D eigenvalue weighted by Crippen LogP contribution is 2.29. The number of benzene rings is 2. The van der Waals surface area contributed by atoms with Crippen LogP contribution in [0.4, 0.5) is 0 Å². The maximum Gasteiger partial charge on any atom is 0.248 e. The molecule has 4 rings (SSSR count). The summed E-state index contributed by atoms with van der Waals surface area (Å²) >= 11 is 0. The fraction of sp³-hybridized carbons (Fsp3) is 0.448. The Balaban J connectivity index is 1.46. The first kappa shape index (κ1) is 28.4. The van der Waals surface area contributed by atoms with Crippen molar-refractivity contribution in [2.24, 2.45) is 0 Å². The number of ether oxygens (including phenoxy) is 4. The molecule has 0 unspecified atom stereocenters. The zero-order chi connectivity index (χ0) is 27.7. The average molecular weight is 539 g/mol. The van der Waals surface area contributed by atoms with Gasteiger partial charge in [0, 0.05) is 45.7 Å². The smallest absolute Gasteiger partial charge is 0.248 e. The van der Waals surface area contributed by atoms with Crippen molar-refractivity contribution in [1.29, 1.82) is 0 Å². The van der Waals surface area contributed by atoms with Crippen LogP contribution in [-0.2, 0) is 22.6 Å². The molecule has 0 saturated carbocycles. The summed E-state index contributed by atoms with van der Waals surface area (Å²) in [6.07, 6.45) is 3.63. The third-order valence-electron chi connectivity index (χ3n) is 6.61. The molecule has 0 radical (unpaired) electrons. The largest absolute Gasteiger partial charge is 0.493 e. The fourth-order valence-corrected chi connectivity index (χ4v) is 4.62. The van der Waals surface area contributed by atoms with Crippen molar-refractivity contribution in [3.05, 3.63) is 72.1 Å². The van der Waals surface area contributed by atoms with E-state index in [9.17, 15) is 9.90 Å². The van der Waals surface area contributed by atoms with Crippen LogP contribution in [-0.4, -0.2) is 96.4 Å². The van der Waals surface area contributed by atoms with E-state index in [-0.39, 0.29) is 25.7 Å². The van der Waals surface area contributed by atoms with Crippen LogP contribution >= 0.6 is 0 Å². The van der Waals surface area contributed by atoms with Gasteiger partial charge in [0.15, 0.2) is 11.5 Å². The van der Waals surface area contributed by atoms with Crippen LogP contribution in [0.1, 0.15) is 11.1 Å². The van der Waals surface area contributed by atoms with Crippen molar-refractivity contribution in [2.75, 3.05) is 60.2 Å². The van der Waals surface area contributed by atoms with E-state index in [2.05, 4.69) is 10.00 Å². The highest BCUT2D eigenvalue weighted by Gasteiger charge is 2.37. The molecular weight excluding hydrogens is 500 g/mol. The molecule has 1 aliphatic heterocycles. The number of hydrogen-bond donors (Lipinski definition) is 1. The van der Waals surface area contributed by atoms with Crippen LogP contribution in [0.2, 0.25) is 0 Å². The Labute approximate surface area is 229 Å². The Morgan fingerprint density at radius 3 is 2.59 bits per heavy atom. The van der Waals surface area contributed by atoms with Gasteiger partial charge in [-0.2, -0.15) is 5.10 Å². The van der Waals surface area contributed by atoms with E-state index in [4.69, 9.17) is 18.9 Å². The summed E-state index contributed by atoms with van der Waals surface area (Å²) in [6, 6.07) is 15.4. The van der Waals surface area contributed by atoms with Crippen molar-refractivity contribution in [3.63, 3.8) is 0 Å². The predicted molar refractivity (Wildman–Crippen MR) is 146 cm³/mol. The normalized spacial score (nSPS) is 18.0. The van der Waals surface area contributed by atoms with Crippen LogP contribution in [0.5, 0.6) is 17.2 Å². The number of amides is 1. The van der Waals surface area contributed by atoms with Crippen LogP contribution in [0.3, 0.4) is 0 Å². The molecule has 39 heavy (non-hydrogen) atoms. The van der Waals surface area contributed by atoms with E-state index < -0.39 is 5.60 Å². The molecule has 3 aromatic rings. The van der Waals surface area contributed by atoms with Gasteiger partial charge in [0.1, 0.15) is 31.2 Å². The van der Waals surface area contributed by atoms with Crippen molar-refractivity contribution in [1.82, 2.24) is 19.6 Å². The summed E-state index contributed by atoms with van der Waals surface area (Å²) in [5, 5.41) is 15.9. The Bertz CT molecular complexity index is 1190. The number of nitrogens with zero attached hydrogens (tertiary/aromatic N) is 4. The molecule has 210 valence electrons. The predicted octanol–water partition coefficient (Wildman–Crippen LogP) is 2.38. The molecule has 0 spiro atoms. The molecule has 10 nitrogen and oxygen atoms in total. The van der Waals surface area contributed by atoms with Gasteiger partial charge in [-0.25, -0.2) is 0 Å². The van der Waals surface area contributed by atoms with Crippen molar-refractivity contribution >= 4 is 5.91 Å². The number of aryl methyl sites for hydroxylation is 1. The number of carbonyl (C=O) groups is 1. The van der Waals surface area contributed by atoms with Gasteiger partial charge in [-0.15, -0.1) is 0 Å². The van der Waals surface area contributed by atoms with Gasteiger partial charge < -0.3 is 29.0 Å². The van der Waals surface area contributed by atoms with Crippen LogP contribution < -0.4 is 14.2 Å². The molecule has 2 aromatic carbocycles. The second kappa shape index (κ2) is 13.5. The first-order valence-electron chi connectivity index (χ1n) is 13.1. The third kappa shape index (κ3) is 8.19. The van der Waals surface area contributed by atoms with Crippen LogP contribution in [0, 0.1) is 6.92 Å². The number of hydrogen-bond acceptors (Lipinski definition) is 8. The molecule has 1 N–H and O–H groups in total. The maximum absolute atomic E-state index is 12.7. The molecule has 1 aromatic heterocycles. The number of carbonyl (C=O) groups excluding carboxylic acids is 1. The zero-order valence-corrected chi connectivity index (χ0v) is 22.9. The fourth-order valence-electron chi connectivity index (χ4n) is 4.62. The van der Waals surface area contributed by atoms with Gasteiger partial charge in [-0.05, 0) is 42.8 Å². The minimum absolute atomic E-state index is 0.0351. The molecule has 0 bridgehead atoms. The van der Waals surface area contributed by atoms with E-state index in [1.165, 1.54) is 7.11 Å². The lowest BCUT2D eigenvalue weighted by atomic mass is 10.0. The van der Waals surface area contributed by atoms with E-state index in [1.54, 1.807) is 18.2 Å². The van der Waals surface area contributed by atoms with Gasteiger partial charge in [-0.3, -0.25) is 14.4 Å². The average Bonchev–Trinajstić information content (AvgIpc) is 3.38. The Hall–Kier alpha value is -3.60. The van der Waals surface area contributed by atoms with E-state index in [1.807, 2.05) is 66.3 Å². The second-order valence-corrected chi connectivity index (χ2v) is 9.89. The Morgan fingerprint density at radius 2 is 1.87 bits per heavy atom. The summed E-state index contributed by atoms with van der Waals surface area (Å²) in [6.45, 7) is 5.18. The first-order chi connectivity index (χ1) is 18.9. The molecule has 1 aliphatic rings. The van der Waals surface area contributed by atoms with Gasteiger partial charge in [0.2, 0.25) is 5.91 Å². The van der Waals surface area contributed by atoms with E-state index in [0.717, 1.165) is 11.1 Å². The standard InChI is InChI=1S/C29H38N4O6/c1-23-5-8-25(9-6-23)39-22-29(35)20-31(13-14-32(21-29)28(34)19-36-2)18-24-7-10-26(37-3)27(17-24)38-16-15-33-12-4-11-30-33/h4-12,17,35H,13-16,18-22H2,1-3H3/t29-/m0/s1. The number of aromatic nitrogens is 2. The van der Waals surface area contributed by atoms with Gasteiger partial charge in [-0.1, -0.05) is 23.8 Å². The van der Waals surface area contributed by atoms with Crippen LogP contribution in [0.15, 0.2) is 60.9 Å². The minimum atomic E-state index is -1.28. The SMILES string of the molecule is COCC(=O)N1CCN(Cc2ccc(OC)c(OCCn3cccn3)c2)C[C@@](O)(COc2ccc(C)cc2)C1. The lowest BCUT2D eigenvalue weighted by Crippen LogP contribution is -2.52. The molecule has 1 fully saturated rings. The third-order valence-corrected chi connectivity index (χ3v) is 6.61. The molecular formula is C29H38N4O6. The van der Waals surface area contributed by atoms with Crippen molar-refractivity contribution in [3.8, 4) is 17.2 Å². The van der Waals surface area contributed by atoms with Gasteiger partial charge >= 0.3 is 0 Å². The first-order valence-corrected chi connectivity index (χ1v) is 13.1. The summed E-state index contributed by atoms with van der Waals surface area (Å²) in [5.74, 6) is 1.80. The summed E-state index contributed by atoms with van der Waals surface area (Å²) in [4.78, 5) is 16.5. The van der Waals surface area contributed by atoms with Crippen molar-refractivity contribution < 1.29 is 28.8 Å². The molecule has 2 heterocycles. The highest BCUT2D eigenvalue weighted by atomic mass is 16.5. The summed E-state index contributed by atoms with van der Waals surface area (Å²) < 4.78 is 24.4. The monoisotopic (exact) mass is 538 g/mol. The molecule has 1 atom stereocenters. The number of aliphatic hydroxyl groups is 1. The topological polar surface area (TPSA) is 98.5 Å². The molecule has 1 saturated heterocycles. The van der Waals surface area contributed by atoms with Crippen molar-refractivity contribution in [2.45, 2.75) is 25.6 Å². The summed E-state index contributed by atoms with van der Waals surface area (Å²) in [5.41, 5.74) is 0.853. The number of methoxy groups -OCH3 is 2. The lowest BCUT2D eigenvalue weighted by molar-refractivity contribution is -0.138. The van der Waals surface area contributed by atoms with Gasteiger partial charge in [0.25, 0.3) is 0 Å². The number of rotatable bonds is 12. The number of β-amino-alcohol motifs (C(OH)–C–C–N with tert-alkyl or cyclic N) is 1. The summed E-state index contributed by atoms with van der Waals surface area (Å²) in [7, 11) is 3.11. The van der Waals surface area contributed by atoms with E-state index >= 15 is 0 Å². The Kier molecular flexibility index (Phi) is 9.80. The molecule has 0 aliphatic carbocycles. The zero-order valence-electron chi connectivity index (χ0n) is 22.9. The molecule has 10 heteroatoms. The highest BCUT2D eigenvalue weighted by molar-refractivity contribution is 5.77. The molecule has 1 amide bonds. The van der Waals surface area contributed by atoms with Crippen LogP contribution in [0.25, 0.3) is 0 Å². The quantitative estimate of drug-likeness (QED) is 0.375. The Morgan fingerprint density at radius 1 is 1.05 bits per heavy atom. The lowest BCUT2D eigenvalue weighted by Gasteiger charge is -2.33. The van der Waals surface area contributed by atoms with Gasteiger partial charge in [0.05, 0.1) is 20.2 Å². The van der Waals surface area contributed by atoms with E-state index in [0.29, 0.717) is 56.6 Å².